The van der Waals surface area contributed by atoms with Crippen molar-refractivity contribution >= 4 is 41.4 Å². The van der Waals surface area contributed by atoms with Gasteiger partial charge in [-0.25, -0.2) is 0 Å². The summed E-state index contributed by atoms with van der Waals surface area (Å²) >= 11 is 1.53. The lowest BCUT2D eigenvalue weighted by Crippen LogP contribution is -2.53. The van der Waals surface area contributed by atoms with Gasteiger partial charge in [-0.15, -0.1) is 0 Å². The molecule has 0 aliphatic carbocycles. The summed E-state index contributed by atoms with van der Waals surface area (Å²) in [5, 5.41) is 15.7. The lowest BCUT2D eigenvalue weighted by Gasteiger charge is -2.20. The molecule has 0 saturated heterocycles. The number of nitrogens with one attached hydrogen (secondary N) is 3. The summed E-state index contributed by atoms with van der Waals surface area (Å²) < 4.78 is 0. The van der Waals surface area contributed by atoms with Crippen LogP contribution in [0.3, 0.4) is 0 Å². The van der Waals surface area contributed by atoms with Crippen LogP contribution in [0, 0.1) is 0 Å². The van der Waals surface area contributed by atoms with E-state index in [1.807, 2.05) is 6.26 Å². The Labute approximate surface area is 161 Å². The maximum Gasteiger partial charge on any atom is 0.325 e. The van der Waals surface area contributed by atoms with Gasteiger partial charge in [-0.2, -0.15) is 11.8 Å². The molecule has 0 saturated carbocycles. The normalized spacial score (nSPS) is 13.7. The molecule has 12 heteroatoms. The molecular weight excluding hydrogens is 378 g/mol. The van der Waals surface area contributed by atoms with Gasteiger partial charge in [-0.1, -0.05) is 0 Å². The summed E-state index contributed by atoms with van der Waals surface area (Å²) in [6.07, 6.45) is 2.03. The third-order valence-corrected chi connectivity index (χ3v) is 4.10. The first kappa shape index (κ1) is 24.7. The van der Waals surface area contributed by atoms with E-state index in [4.69, 9.17) is 16.6 Å². The minimum atomic E-state index is -1.25. The van der Waals surface area contributed by atoms with E-state index >= 15 is 0 Å². The maximum absolute atomic E-state index is 12.1. The van der Waals surface area contributed by atoms with Crippen LogP contribution in [0.15, 0.2) is 0 Å². The lowest BCUT2D eigenvalue weighted by molar-refractivity contribution is -0.141. The van der Waals surface area contributed by atoms with Crippen molar-refractivity contribution in [1.82, 2.24) is 16.0 Å². The Bertz CT molecular complexity index is 559. The molecule has 4 amide bonds. The van der Waals surface area contributed by atoms with E-state index in [1.54, 1.807) is 0 Å². The summed E-state index contributed by atoms with van der Waals surface area (Å²) in [6, 6.07) is -3.11. The van der Waals surface area contributed by atoms with Gasteiger partial charge in [-0.3, -0.25) is 24.0 Å². The topological polar surface area (TPSA) is 194 Å². The minimum absolute atomic E-state index is 0.111. The molecule has 3 atom stereocenters. The number of aliphatic carboxylic acids is 1. The Morgan fingerprint density at radius 3 is 2.22 bits per heavy atom. The molecule has 0 aliphatic rings. The van der Waals surface area contributed by atoms with Crippen LogP contribution in [0.2, 0.25) is 0 Å². The second kappa shape index (κ2) is 12.9. The van der Waals surface area contributed by atoms with Crippen molar-refractivity contribution < 1.29 is 29.1 Å². The largest absolute Gasteiger partial charge is 0.480 e. The second-order valence-electron chi connectivity index (χ2n) is 5.80. The molecule has 0 radical (unpaired) electrons. The number of carboxylic acids is 1. The van der Waals surface area contributed by atoms with Crippen molar-refractivity contribution in [2.45, 2.75) is 44.3 Å². The van der Waals surface area contributed by atoms with Crippen molar-refractivity contribution in [3.05, 3.63) is 0 Å². The summed E-state index contributed by atoms with van der Waals surface area (Å²) in [7, 11) is 0. The molecule has 0 bridgehead atoms. The van der Waals surface area contributed by atoms with Gasteiger partial charge in [0.25, 0.3) is 0 Å². The van der Waals surface area contributed by atoms with Gasteiger partial charge in [0.1, 0.15) is 12.1 Å². The summed E-state index contributed by atoms with van der Waals surface area (Å²) in [5.74, 6) is -3.21. The second-order valence-corrected chi connectivity index (χ2v) is 6.78. The molecule has 0 spiro atoms. The third kappa shape index (κ3) is 11.1. The van der Waals surface area contributed by atoms with E-state index in [0.717, 1.165) is 0 Å². The highest BCUT2D eigenvalue weighted by Crippen LogP contribution is 2.00. The molecule has 0 aromatic heterocycles. The number of carboxylic acid groups (broad SMARTS) is 1. The van der Waals surface area contributed by atoms with Crippen LogP contribution in [-0.2, 0) is 24.0 Å². The number of hydrogen-bond acceptors (Lipinski definition) is 7. The highest BCUT2D eigenvalue weighted by molar-refractivity contribution is 7.98. The van der Waals surface area contributed by atoms with Crippen molar-refractivity contribution in [3.63, 3.8) is 0 Å². The molecule has 0 fully saturated rings. The fourth-order valence-corrected chi connectivity index (χ4v) is 2.34. The fraction of sp³-hybridized carbons (Fsp3) is 0.667. The Hall–Kier alpha value is -2.34. The van der Waals surface area contributed by atoms with Crippen LogP contribution in [0.5, 0.6) is 0 Å². The van der Waals surface area contributed by atoms with Crippen molar-refractivity contribution in [3.8, 4) is 0 Å². The first-order valence-electron chi connectivity index (χ1n) is 8.21. The molecule has 8 N–H and O–H groups in total. The lowest BCUT2D eigenvalue weighted by atomic mass is 10.1. The van der Waals surface area contributed by atoms with E-state index < -0.39 is 54.3 Å². The zero-order valence-electron chi connectivity index (χ0n) is 15.3. The number of hydrogen-bond donors (Lipinski definition) is 6. The number of primary amides is 1. The number of thioether (sulfide) groups is 1. The maximum atomic E-state index is 12.1. The Morgan fingerprint density at radius 1 is 1.07 bits per heavy atom. The van der Waals surface area contributed by atoms with E-state index in [9.17, 15) is 24.0 Å². The standard InChI is InChI=1S/C15H27N5O6S/c1-8(15(25)26)19-14(24)10(3-4-11(17)21)20-12(22)7-18-13(23)9(16)5-6-27-2/h8-10H,3-7,16H2,1-2H3,(H2,17,21)(H,18,23)(H,19,24)(H,20,22)(H,25,26). The summed E-state index contributed by atoms with van der Waals surface area (Å²) in [6.45, 7) is 0.837. The van der Waals surface area contributed by atoms with Crippen LogP contribution in [0.25, 0.3) is 0 Å². The first-order valence-corrected chi connectivity index (χ1v) is 9.60. The molecule has 0 aromatic carbocycles. The molecule has 0 rings (SSSR count). The van der Waals surface area contributed by atoms with E-state index in [-0.39, 0.29) is 12.8 Å². The summed E-state index contributed by atoms with van der Waals surface area (Å²) in [5.41, 5.74) is 10.7. The molecule has 11 nitrogen and oxygen atoms in total. The van der Waals surface area contributed by atoms with Crippen LogP contribution < -0.4 is 27.4 Å². The molecular formula is C15H27N5O6S. The number of nitrogens with two attached hydrogens (primary N) is 2. The first-order chi connectivity index (χ1) is 12.6. The minimum Gasteiger partial charge on any atom is -0.480 e. The molecule has 0 heterocycles. The highest BCUT2D eigenvalue weighted by atomic mass is 32.2. The quantitative estimate of drug-likeness (QED) is 0.194. The average molecular weight is 405 g/mol. The van der Waals surface area contributed by atoms with Gasteiger partial charge in [0.05, 0.1) is 12.6 Å². The van der Waals surface area contributed by atoms with Crippen molar-refractivity contribution in [2.75, 3.05) is 18.6 Å². The van der Waals surface area contributed by atoms with Crippen molar-refractivity contribution in [1.29, 1.82) is 0 Å². The number of carbonyl (C=O) groups is 5. The monoisotopic (exact) mass is 405 g/mol. The predicted molar refractivity (Wildman–Crippen MR) is 99.6 cm³/mol. The zero-order chi connectivity index (χ0) is 21.0. The molecule has 0 aliphatic heterocycles. The van der Waals surface area contributed by atoms with Gasteiger partial charge in [-0.05, 0) is 31.8 Å². The summed E-state index contributed by atoms with van der Waals surface area (Å²) in [4.78, 5) is 57.6. The van der Waals surface area contributed by atoms with Crippen LogP contribution in [0.1, 0.15) is 26.2 Å². The average Bonchev–Trinajstić information content (AvgIpc) is 2.60. The zero-order valence-corrected chi connectivity index (χ0v) is 16.1. The van der Waals surface area contributed by atoms with Gasteiger partial charge < -0.3 is 32.5 Å². The van der Waals surface area contributed by atoms with Gasteiger partial charge in [0.2, 0.25) is 23.6 Å². The Kier molecular flexibility index (Phi) is 11.8. The number of rotatable bonds is 13. The smallest absolute Gasteiger partial charge is 0.325 e. The Morgan fingerprint density at radius 2 is 1.70 bits per heavy atom. The SMILES string of the molecule is CSCCC(N)C(=O)NCC(=O)NC(CCC(N)=O)C(=O)NC(C)C(=O)O. The van der Waals surface area contributed by atoms with E-state index in [2.05, 4.69) is 16.0 Å². The Balaban J connectivity index is 4.68. The predicted octanol–water partition coefficient (Wildman–Crippen LogP) is -2.48. The molecule has 154 valence electrons. The molecule has 0 aromatic rings. The molecule has 27 heavy (non-hydrogen) atoms. The van der Waals surface area contributed by atoms with Gasteiger partial charge >= 0.3 is 5.97 Å². The highest BCUT2D eigenvalue weighted by Gasteiger charge is 2.25. The van der Waals surface area contributed by atoms with Crippen LogP contribution in [0.4, 0.5) is 0 Å². The number of amides is 4. The number of carbonyl (C=O) groups excluding carboxylic acids is 4. The van der Waals surface area contributed by atoms with Crippen molar-refractivity contribution in [2.24, 2.45) is 11.5 Å². The van der Waals surface area contributed by atoms with Crippen LogP contribution >= 0.6 is 11.8 Å². The fourth-order valence-electron chi connectivity index (χ4n) is 1.85. The van der Waals surface area contributed by atoms with E-state index in [1.165, 1.54) is 18.7 Å². The molecule has 3 unspecified atom stereocenters. The third-order valence-electron chi connectivity index (χ3n) is 3.45. The van der Waals surface area contributed by atoms with Gasteiger partial charge in [0.15, 0.2) is 0 Å². The van der Waals surface area contributed by atoms with Crippen LogP contribution in [-0.4, -0.2) is 71.4 Å². The van der Waals surface area contributed by atoms with Gasteiger partial charge in [0, 0.05) is 6.42 Å². The van der Waals surface area contributed by atoms with E-state index in [0.29, 0.717) is 12.2 Å².